The monoisotopic (exact) mass is 214 g/mol. The van der Waals surface area contributed by atoms with Crippen LogP contribution in [-0.2, 0) is 16.0 Å². The van der Waals surface area contributed by atoms with E-state index in [9.17, 15) is 4.79 Å². The van der Waals surface area contributed by atoms with Gasteiger partial charge in [0.2, 0.25) is 0 Å². The van der Waals surface area contributed by atoms with Gasteiger partial charge in [-0.05, 0) is 17.7 Å². The van der Waals surface area contributed by atoms with Crippen LogP contribution in [0.25, 0.3) is 0 Å². The van der Waals surface area contributed by atoms with Crippen molar-refractivity contribution in [3.05, 3.63) is 28.8 Å². The van der Waals surface area contributed by atoms with Crippen molar-refractivity contribution in [1.82, 2.24) is 0 Å². The maximum Gasteiger partial charge on any atom is 0.302 e. The van der Waals surface area contributed by atoms with E-state index in [2.05, 4.69) is 0 Å². The Morgan fingerprint density at radius 1 is 1.57 bits per heavy atom. The molecule has 0 radical (unpaired) electrons. The van der Waals surface area contributed by atoms with Gasteiger partial charge >= 0.3 is 5.97 Å². The summed E-state index contributed by atoms with van der Waals surface area (Å²) in [5, 5.41) is 9.45. The van der Waals surface area contributed by atoms with E-state index in [-0.39, 0.29) is 11.7 Å². The number of halogens is 1. The molecule has 3 nitrogen and oxygen atoms in total. The van der Waals surface area contributed by atoms with Crippen LogP contribution in [0.2, 0.25) is 5.02 Å². The summed E-state index contributed by atoms with van der Waals surface area (Å²) in [4.78, 5) is 10.5. The molecule has 0 heterocycles. The van der Waals surface area contributed by atoms with Crippen molar-refractivity contribution in [3.63, 3.8) is 0 Å². The van der Waals surface area contributed by atoms with Gasteiger partial charge < -0.3 is 9.84 Å². The van der Waals surface area contributed by atoms with Crippen LogP contribution in [-0.4, -0.2) is 17.7 Å². The molecule has 0 aliphatic rings. The highest BCUT2D eigenvalue weighted by Gasteiger charge is 2.00. The minimum atomic E-state index is -0.296. The number of phenols is 1. The van der Waals surface area contributed by atoms with Crippen LogP contribution in [0.3, 0.4) is 0 Å². The van der Waals surface area contributed by atoms with E-state index in [1.165, 1.54) is 13.0 Å². The molecule has 76 valence electrons. The molecule has 0 unspecified atom stereocenters. The molecule has 14 heavy (non-hydrogen) atoms. The van der Waals surface area contributed by atoms with Crippen LogP contribution in [0.15, 0.2) is 18.2 Å². The number of rotatable bonds is 3. The van der Waals surface area contributed by atoms with Crippen molar-refractivity contribution < 1.29 is 14.6 Å². The molecule has 0 amide bonds. The second kappa shape index (κ2) is 4.86. The first-order valence-corrected chi connectivity index (χ1v) is 4.58. The van der Waals surface area contributed by atoms with Crippen molar-refractivity contribution in [2.45, 2.75) is 13.3 Å². The van der Waals surface area contributed by atoms with Gasteiger partial charge in [0, 0.05) is 13.3 Å². The van der Waals surface area contributed by atoms with Gasteiger partial charge in [-0.15, -0.1) is 0 Å². The van der Waals surface area contributed by atoms with Gasteiger partial charge in [0.1, 0.15) is 5.75 Å². The van der Waals surface area contributed by atoms with Crippen molar-refractivity contribution in [2.24, 2.45) is 0 Å². The Balaban J connectivity index is 2.51. The summed E-state index contributed by atoms with van der Waals surface area (Å²) in [5.41, 5.74) is 0.925. The third-order valence-electron chi connectivity index (χ3n) is 1.71. The number of benzene rings is 1. The lowest BCUT2D eigenvalue weighted by Gasteiger charge is -2.03. The van der Waals surface area contributed by atoms with E-state index in [1.54, 1.807) is 12.1 Å². The molecule has 1 aromatic carbocycles. The third-order valence-corrected chi connectivity index (χ3v) is 2.01. The Morgan fingerprint density at radius 3 is 2.86 bits per heavy atom. The maximum atomic E-state index is 10.5. The maximum absolute atomic E-state index is 10.5. The minimum absolute atomic E-state index is 0.0582. The zero-order chi connectivity index (χ0) is 10.6. The zero-order valence-corrected chi connectivity index (χ0v) is 8.54. The number of ether oxygens (including phenoxy) is 1. The van der Waals surface area contributed by atoms with E-state index in [4.69, 9.17) is 21.4 Å². The number of phenolic OH excluding ortho intramolecular Hbond substituents is 1. The highest BCUT2D eigenvalue weighted by Crippen LogP contribution is 2.23. The number of aromatic hydroxyl groups is 1. The molecule has 0 spiro atoms. The predicted molar refractivity (Wildman–Crippen MR) is 53.5 cm³/mol. The second-order valence-corrected chi connectivity index (χ2v) is 3.28. The van der Waals surface area contributed by atoms with E-state index in [1.807, 2.05) is 0 Å². The third kappa shape index (κ3) is 3.26. The lowest BCUT2D eigenvalue weighted by molar-refractivity contribution is -0.140. The first kappa shape index (κ1) is 10.9. The Morgan fingerprint density at radius 2 is 2.29 bits per heavy atom. The van der Waals surface area contributed by atoms with Gasteiger partial charge in [-0.1, -0.05) is 17.7 Å². The SMILES string of the molecule is CC(=O)OCCc1ccc(O)c(Cl)c1. The predicted octanol–water partition coefficient (Wildman–Crippen LogP) is 2.15. The molecular weight excluding hydrogens is 204 g/mol. The largest absolute Gasteiger partial charge is 0.506 e. The van der Waals surface area contributed by atoms with Crippen LogP contribution < -0.4 is 0 Å². The number of carbonyl (C=O) groups is 1. The molecule has 0 aliphatic carbocycles. The molecule has 0 bridgehead atoms. The molecule has 1 rings (SSSR count). The zero-order valence-electron chi connectivity index (χ0n) is 7.79. The molecule has 0 saturated carbocycles. The normalized spacial score (nSPS) is 9.86. The smallest absolute Gasteiger partial charge is 0.302 e. The van der Waals surface area contributed by atoms with Gasteiger partial charge in [-0.2, -0.15) is 0 Å². The van der Waals surface area contributed by atoms with Crippen LogP contribution in [0.1, 0.15) is 12.5 Å². The van der Waals surface area contributed by atoms with Crippen molar-refractivity contribution in [2.75, 3.05) is 6.61 Å². The number of hydrogen-bond donors (Lipinski definition) is 1. The highest BCUT2D eigenvalue weighted by molar-refractivity contribution is 6.32. The lowest BCUT2D eigenvalue weighted by Crippen LogP contribution is -2.03. The Labute approximate surface area is 87.3 Å². The van der Waals surface area contributed by atoms with E-state index >= 15 is 0 Å². The average molecular weight is 215 g/mol. The summed E-state index contributed by atoms with van der Waals surface area (Å²) in [6, 6.07) is 4.91. The molecular formula is C10H11ClO3. The van der Waals surface area contributed by atoms with Crippen molar-refractivity contribution in [1.29, 1.82) is 0 Å². The molecule has 1 aromatic rings. The fraction of sp³-hybridized carbons (Fsp3) is 0.300. The summed E-state index contributed by atoms with van der Waals surface area (Å²) in [6.07, 6.45) is 0.597. The second-order valence-electron chi connectivity index (χ2n) is 2.88. The molecule has 0 fully saturated rings. The number of esters is 1. The van der Waals surface area contributed by atoms with Gasteiger partial charge in [-0.3, -0.25) is 4.79 Å². The number of hydrogen-bond acceptors (Lipinski definition) is 3. The van der Waals surface area contributed by atoms with Gasteiger partial charge in [0.25, 0.3) is 0 Å². The van der Waals surface area contributed by atoms with Gasteiger partial charge in [0.15, 0.2) is 0 Å². The van der Waals surface area contributed by atoms with Gasteiger partial charge in [0.05, 0.1) is 11.6 Å². The van der Waals surface area contributed by atoms with Crippen LogP contribution in [0.4, 0.5) is 0 Å². The summed E-state index contributed by atoms with van der Waals surface area (Å²) < 4.78 is 4.77. The van der Waals surface area contributed by atoms with Crippen molar-refractivity contribution >= 4 is 17.6 Å². The molecule has 0 aromatic heterocycles. The molecule has 0 aliphatic heterocycles. The van der Waals surface area contributed by atoms with E-state index in [0.717, 1.165) is 5.56 Å². The highest BCUT2D eigenvalue weighted by atomic mass is 35.5. The summed E-state index contributed by atoms with van der Waals surface area (Å²) in [6.45, 7) is 1.69. The molecule has 4 heteroatoms. The van der Waals surface area contributed by atoms with Crippen LogP contribution in [0.5, 0.6) is 5.75 Å². The fourth-order valence-electron chi connectivity index (χ4n) is 1.02. The van der Waals surface area contributed by atoms with E-state index in [0.29, 0.717) is 18.1 Å². The van der Waals surface area contributed by atoms with Crippen molar-refractivity contribution in [3.8, 4) is 5.75 Å². The first-order valence-electron chi connectivity index (χ1n) is 4.20. The first-order chi connectivity index (χ1) is 6.59. The average Bonchev–Trinajstić information content (AvgIpc) is 2.10. The number of carbonyl (C=O) groups excluding carboxylic acids is 1. The van der Waals surface area contributed by atoms with Crippen LogP contribution >= 0.6 is 11.6 Å². The molecule has 0 saturated heterocycles. The lowest BCUT2D eigenvalue weighted by atomic mass is 10.1. The Bertz CT molecular complexity index is 336. The fourth-order valence-corrected chi connectivity index (χ4v) is 1.22. The van der Waals surface area contributed by atoms with E-state index < -0.39 is 0 Å². The standard InChI is InChI=1S/C10H11ClO3/c1-7(12)14-5-4-8-2-3-10(13)9(11)6-8/h2-3,6,13H,4-5H2,1H3. The quantitative estimate of drug-likeness (QED) is 0.785. The summed E-state index contributed by atoms with van der Waals surface area (Å²) in [7, 11) is 0. The summed E-state index contributed by atoms with van der Waals surface area (Å²) in [5.74, 6) is -0.238. The minimum Gasteiger partial charge on any atom is -0.506 e. The topological polar surface area (TPSA) is 46.5 Å². The van der Waals surface area contributed by atoms with Crippen LogP contribution in [0, 0.1) is 0 Å². The molecule has 1 N–H and O–H groups in total. The molecule has 0 atom stereocenters. The summed E-state index contributed by atoms with van der Waals surface area (Å²) >= 11 is 5.70. The Hall–Kier alpha value is -1.22. The Kier molecular flexibility index (Phi) is 3.77. The van der Waals surface area contributed by atoms with Gasteiger partial charge in [-0.25, -0.2) is 0 Å².